The highest BCUT2D eigenvalue weighted by Gasteiger charge is 2.17. The van der Waals surface area contributed by atoms with Gasteiger partial charge in [-0.1, -0.05) is 66.2 Å². The Morgan fingerprint density at radius 1 is 0.960 bits per heavy atom. The Hall–Kier alpha value is -2.43. The smallest absolute Gasteiger partial charge is 0.172 e. The lowest BCUT2D eigenvalue weighted by atomic mass is 10.1. The molecule has 1 aromatic heterocycles. The Balaban J connectivity index is 1.94. The predicted molar refractivity (Wildman–Crippen MR) is 108 cm³/mol. The largest absolute Gasteiger partial charge is 0.376 e. The van der Waals surface area contributed by atoms with Crippen LogP contribution in [0.4, 0.5) is 5.82 Å². The average molecular weight is 368 g/mol. The van der Waals surface area contributed by atoms with Gasteiger partial charge in [0.2, 0.25) is 0 Å². The van der Waals surface area contributed by atoms with E-state index in [1.165, 1.54) is 5.56 Å². The zero-order valence-electron chi connectivity index (χ0n) is 13.6. The van der Waals surface area contributed by atoms with E-state index in [2.05, 4.69) is 17.1 Å². The van der Waals surface area contributed by atoms with E-state index in [1.54, 1.807) is 6.20 Å². The maximum absolute atomic E-state index is 6.30. The van der Waals surface area contributed by atoms with Crippen LogP contribution in [0.15, 0.2) is 72.9 Å². The molecule has 5 heteroatoms. The zero-order valence-corrected chi connectivity index (χ0v) is 15.2. The number of nitrogens with zero attached hydrogens (tertiary/aromatic N) is 2. The molecule has 3 rings (SSSR count). The molecule has 126 valence electrons. The summed E-state index contributed by atoms with van der Waals surface area (Å²) in [6.07, 6.45) is 2.51. The van der Waals surface area contributed by atoms with Crippen molar-refractivity contribution in [2.75, 3.05) is 4.90 Å². The first kappa shape index (κ1) is 17.4. The van der Waals surface area contributed by atoms with Crippen molar-refractivity contribution in [3.05, 3.63) is 94.6 Å². The fourth-order valence-electron chi connectivity index (χ4n) is 2.68. The van der Waals surface area contributed by atoms with Crippen LogP contribution in [-0.2, 0) is 13.0 Å². The van der Waals surface area contributed by atoms with Gasteiger partial charge in [-0.3, -0.25) is 4.90 Å². The van der Waals surface area contributed by atoms with E-state index in [4.69, 9.17) is 29.6 Å². The van der Waals surface area contributed by atoms with Crippen molar-refractivity contribution < 1.29 is 0 Å². The Kier molecular flexibility index (Phi) is 5.64. The number of nitrogens with two attached hydrogens (primary N) is 1. The Labute approximate surface area is 158 Å². The minimum Gasteiger partial charge on any atom is -0.376 e. The third-order valence-electron chi connectivity index (χ3n) is 3.91. The van der Waals surface area contributed by atoms with E-state index in [9.17, 15) is 0 Å². The Bertz CT molecular complexity index is 868. The number of pyridine rings is 1. The lowest BCUT2D eigenvalue weighted by Crippen LogP contribution is -2.36. The molecule has 25 heavy (non-hydrogen) atoms. The van der Waals surface area contributed by atoms with Gasteiger partial charge in [-0.15, -0.1) is 0 Å². The summed E-state index contributed by atoms with van der Waals surface area (Å²) in [4.78, 5) is 6.37. The molecular weight excluding hydrogens is 350 g/mol. The summed E-state index contributed by atoms with van der Waals surface area (Å²) in [5.74, 6) is 0.763. The highest BCUT2D eigenvalue weighted by Crippen LogP contribution is 2.24. The molecule has 0 bridgehead atoms. The lowest BCUT2D eigenvalue weighted by Gasteiger charge is -2.24. The standard InChI is InChI=1S/C20H18ClN3S/c21-18-11-5-4-9-17(18)14-24(20(22)25)19-16(10-6-12-23-19)13-15-7-2-1-3-8-15/h1-12H,13-14H2,(H2,22,25). The molecule has 0 spiro atoms. The first-order valence-electron chi connectivity index (χ1n) is 7.93. The van der Waals surface area contributed by atoms with E-state index >= 15 is 0 Å². The Morgan fingerprint density at radius 2 is 1.64 bits per heavy atom. The van der Waals surface area contributed by atoms with Gasteiger partial charge in [-0.25, -0.2) is 4.98 Å². The van der Waals surface area contributed by atoms with Crippen LogP contribution in [0, 0.1) is 0 Å². The van der Waals surface area contributed by atoms with Crippen LogP contribution in [0.3, 0.4) is 0 Å². The van der Waals surface area contributed by atoms with Crippen molar-refractivity contribution in [3.63, 3.8) is 0 Å². The van der Waals surface area contributed by atoms with Gasteiger partial charge in [0.05, 0.1) is 6.54 Å². The van der Waals surface area contributed by atoms with Crippen molar-refractivity contribution in [1.82, 2.24) is 4.98 Å². The van der Waals surface area contributed by atoms with Crippen LogP contribution in [0.2, 0.25) is 5.02 Å². The first-order chi connectivity index (χ1) is 12.1. The molecule has 0 saturated heterocycles. The molecule has 0 aliphatic rings. The third kappa shape index (κ3) is 4.35. The molecular formula is C20H18ClN3S. The van der Waals surface area contributed by atoms with Gasteiger partial charge in [-0.05, 0) is 41.0 Å². The summed E-state index contributed by atoms with van der Waals surface area (Å²) >= 11 is 11.6. The van der Waals surface area contributed by atoms with Crippen molar-refractivity contribution >= 4 is 34.7 Å². The molecule has 3 aromatic rings. The van der Waals surface area contributed by atoms with Gasteiger partial charge in [0.1, 0.15) is 5.82 Å². The molecule has 0 radical (unpaired) electrons. The van der Waals surface area contributed by atoms with Gasteiger partial charge in [0.15, 0.2) is 5.11 Å². The number of rotatable bonds is 5. The summed E-state index contributed by atoms with van der Waals surface area (Å²) in [5, 5.41) is 0.956. The van der Waals surface area contributed by atoms with E-state index < -0.39 is 0 Å². The minimum atomic E-state index is 0.271. The fraction of sp³-hybridized carbons (Fsp3) is 0.100. The summed E-state index contributed by atoms with van der Waals surface area (Å²) in [7, 11) is 0. The monoisotopic (exact) mass is 367 g/mol. The van der Waals surface area contributed by atoms with Gasteiger partial charge in [0.25, 0.3) is 0 Å². The minimum absolute atomic E-state index is 0.271. The van der Waals surface area contributed by atoms with Gasteiger partial charge < -0.3 is 5.73 Å². The quantitative estimate of drug-likeness (QED) is 0.670. The maximum atomic E-state index is 6.30. The van der Waals surface area contributed by atoms with Crippen LogP contribution in [0.1, 0.15) is 16.7 Å². The van der Waals surface area contributed by atoms with Crippen LogP contribution in [0.25, 0.3) is 0 Å². The second-order valence-corrected chi connectivity index (χ2v) is 6.49. The summed E-state index contributed by atoms with van der Waals surface area (Å²) in [6.45, 7) is 0.480. The number of anilines is 1. The number of thiocarbonyl (C=S) groups is 1. The molecule has 0 amide bonds. The highest BCUT2D eigenvalue weighted by molar-refractivity contribution is 7.80. The molecule has 0 saturated carbocycles. The highest BCUT2D eigenvalue weighted by atomic mass is 35.5. The molecule has 0 aliphatic carbocycles. The van der Waals surface area contributed by atoms with E-state index in [0.29, 0.717) is 11.6 Å². The first-order valence-corrected chi connectivity index (χ1v) is 8.72. The predicted octanol–water partition coefficient (Wildman–Crippen LogP) is 4.58. The summed E-state index contributed by atoms with van der Waals surface area (Å²) in [6, 6.07) is 21.9. The molecule has 0 atom stereocenters. The maximum Gasteiger partial charge on any atom is 0.172 e. The molecule has 0 aliphatic heterocycles. The van der Waals surface area contributed by atoms with Crippen molar-refractivity contribution in [1.29, 1.82) is 0 Å². The van der Waals surface area contributed by atoms with Crippen molar-refractivity contribution in [3.8, 4) is 0 Å². The normalized spacial score (nSPS) is 10.4. The average Bonchev–Trinajstić information content (AvgIpc) is 2.62. The number of aromatic nitrogens is 1. The van der Waals surface area contributed by atoms with E-state index in [1.807, 2.05) is 59.5 Å². The molecule has 2 aromatic carbocycles. The van der Waals surface area contributed by atoms with Crippen LogP contribution in [0.5, 0.6) is 0 Å². The van der Waals surface area contributed by atoms with Gasteiger partial charge in [0, 0.05) is 17.6 Å². The number of hydrogen-bond donors (Lipinski definition) is 1. The molecule has 1 heterocycles. The van der Waals surface area contributed by atoms with E-state index in [-0.39, 0.29) is 5.11 Å². The molecule has 2 N–H and O–H groups in total. The Morgan fingerprint density at radius 3 is 2.36 bits per heavy atom. The lowest BCUT2D eigenvalue weighted by molar-refractivity contribution is 0.957. The number of benzene rings is 2. The van der Waals surface area contributed by atoms with Gasteiger partial charge in [-0.2, -0.15) is 0 Å². The van der Waals surface area contributed by atoms with Crippen molar-refractivity contribution in [2.24, 2.45) is 5.73 Å². The molecule has 0 fully saturated rings. The zero-order chi connectivity index (χ0) is 17.6. The topological polar surface area (TPSA) is 42.1 Å². The molecule has 3 nitrogen and oxygen atoms in total. The van der Waals surface area contributed by atoms with Crippen LogP contribution in [-0.4, -0.2) is 10.1 Å². The third-order valence-corrected chi connectivity index (χ3v) is 4.50. The molecule has 0 unspecified atom stereocenters. The summed E-state index contributed by atoms with van der Waals surface area (Å²) in [5.41, 5.74) is 9.22. The van der Waals surface area contributed by atoms with E-state index in [0.717, 1.165) is 23.4 Å². The van der Waals surface area contributed by atoms with Gasteiger partial charge >= 0.3 is 0 Å². The second-order valence-electron chi connectivity index (χ2n) is 5.66. The number of halogens is 1. The van der Waals surface area contributed by atoms with Crippen molar-refractivity contribution in [2.45, 2.75) is 13.0 Å². The number of hydrogen-bond acceptors (Lipinski definition) is 2. The van der Waals surface area contributed by atoms with Crippen LogP contribution >= 0.6 is 23.8 Å². The SMILES string of the molecule is NC(=S)N(Cc1ccccc1Cl)c1ncccc1Cc1ccccc1. The summed E-state index contributed by atoms with van der Waals surface area (Å²) < 4.78 is 0. The van der Waals surface area contributed by atoms with Crippen LogP contribution < -0.4 is 10.6 Å². The second kappa shape index (κ2) is 8.10. The fourth-order valence-corrected chi connectivity index (χ4v) is 3.03.